The number of aliphatic imine (C=N–C) groups is 1. The fraction of sp³-hybridized carbons (Fsp3) is 0.632. The molecule has 24 heavy (non-hydrogen) atoms. The van der Waals surface area contributed by atoms with E-state index in [4.69, 9.17) is 14.5 Å². The van der Waals surface area contributed by atoms with Crippen LogP contribution in [0, 0.1) is 0 Å². The molecule has 1 N–H and O–H groups in total. The van der Waals surface area contributed by atoms with Crippen molar-refractivity contribution in [1.82, 2.24) is 4.90 Å². The molecular formula is C19H29N3O2. The van der Waals surface area contributed by atoms with Gasteiger partial charge in [-0.1, -0.05) is 18.2 Å². The van der Waals surface area contributed by atoms with Gasteiger partial charge in [0.05, 0.1) is 12.7 Å². The Balaban J connectivity index is 1.50. The van der Waals surface area contributed by atoms with Crippen LogP contribution >= 0.6 is 0 Å². The standard InChI is InChI=1S/C19H29N3O2/c1-3-8-17(9-4-1)21-19(22-12-5-2-6-13-22)20-11-7-14-24-18-10-15-23-16-18/h1,3-4,8-9,18H,2,5-7,10-16H2,(H,20,21). The summed E-state index contributed by atoms with van der Waals surface area (Å²) >= 11 is 0. The maximum absolute atomic E-state index is 5.82. The van der Waals surface area contributed by atoms with Crippen molar-refractivity contribution < 1.29 is 9.47 Å². The third-order valence-corrected chi connectivity index (χ3v) is 4.49. The summed E-state index contributed by atoms with van der Waals surface area (Å²) in [7, 11) is 0. The molecule has 1 unspecified atom stereocenters. The van der Waals surface area contributed by atoms with Gasteiger partial charge in [0.1, 0.15) is 0 Å². The highest BCUT2D eigenvalue weighted by Crippen LogP contribution is 2.13. The highest BCUT2D eigenvalue weighted by Gasteiger charge is 2.16. The molecule has 0 bridgehead atoms. The lowest BCUT2D eigenvalue weighted by atomic mass is 10.1. The van der Waals surface area contributed by atoms with Crippen molar-refractivity contribution in [2.45, 2.75) is 38.2 Å². The Kier molecular flexibility index (Phi) is 6.93. The molecule has 0 saturated carbocycles. The molecule has 2 fully saturated rings. The number of guanidine groups is 1. The summed E-state index contributed by atoms with van der Waals surface area (Å²) in [5.41, 5.74) is 1.10. The molecule has 2 aliphatic heterocycles. The molecule has 5 nitrogen and oxygen atoms in total. The predicted octanol–water partition coefficient (Wildman–Crippen LogP) is 3.14. The Labute approximate surface area is 145 Å². The highest BCUT2D eigenvalue weighted by atomic mass is 16.5. The number of anilines is 1. The molecule has 1 atom stereocenters. The number of rotatable bonds is 6. The molecule has 2 aliphatic rings. The van der Waals surface area contributed by atoms with Crippen molar-refractivity contribution in [3.05, 3.63) is 30.3 Å². The van der Waals surface area contributed by atoms with Crippen LogP contribution in [0.1, 0.15) is 32.1 Å². The van der Waals surface area contributed by atoms with E-state index in [2.05, 4.69) is 22.3 Å². The van der Waals surface area contributed by atoms with E-state index in [0.717, 1.165) is 63.9 Å². The zero-order chi connectivity index (χ0) is 16.5. The summed E-state index contributed by atoms with van der Waals surface area (Å²) in [6, 6.07) is 10.3. The first-order valence-electron chi connectivity index (χ1n) is 9.22. The number of para-hydroxylation sites is 1. The quantitative estimate of drug-likeness (QED) is 0.494. The first-order chi connectivity index (χ1) is 11.9. The van der Waals surface area contributed by atoms with Crippen molar-refractivity contribution in [3.63, 3.8) is 0 Å². The number of likely N-dealkylation sites (tertiary alicyclic amines) is 1. The first-order valence-corrected chi connectivity index (χ1v) is 9.22. The van der Waals surface area contributed by atoms with E-state index in [0.29, 0.717) is 0 Å². The molecule has 0 amide bonds. The Bertz CT molecular complexity index is 495. The van der Waals surface area contributed by atoms with Gasteiger partial charge in [-0.05, 0) is 44.2 Å². The first kappa shape index (κ1) is 17.2. The van der Waals surface area contributed by atoms with Gasteiger partial charge in [0.2, 0.25) is 0 Å². The summed E-state index contributed by atoms with van der Waals surface area (Å²) in [5.74, 6) is 1.00. The highest BCUT2D eigenvalue weighted by molar-refractivity contribution is 5.93. The van der Waals surface area contributed by atoms with Gasteiger partial charge in [0, 0.05) is 38.5 Å². The van der Waals surface area contributed by atoms with E-state index in [1.54, 1.807) is 0 Å². The Morgan fingerprint density at radius 3 is 2.79 bits per heavy atom. The van der Waals surface area contributed by atoms with Crippen molar-refractivity contribution in [3.8, 4) is 0 Å². The van der Waals surface area contributed by atoms with E-state index >= 15 is 0 Å². The monoisotopic (exact) mass is 331 g/mol. The zero-order valence-electron chi connectivity index (χ0n) is 14.5. The van der Waals surface area contributed by atoms with E-state index in [1.807, 2.05) is 18.2 Å². The number of piperidine rings is 1. The summed E-state index contributed by atoms with van der Waals surface area (Å²) in [6.45, 7) is 5.32. The molecule has 0 aromatic heterocycles. The van der Waals surface area contributed by atoms with Crippen molar-refractivity contribution in [2.24, 2.45) is 4.99 Å². The van der Waals surface area contributed by atoms with E-state index in [-0.39, 0.29) is 6.10 Å². The van der Waals surface area contributed by atoms with Gasteiger partial charge < -0.3 is 19.7 Å². The average molecular weight is 331 g/mol. The van der Waals surface area contributed by atoms with Crippen LogP contribution in [-0.4, -0.2) is 56.4 Å². The molecule has 2 heterocycles. The summed E-state index contributed by atoms with van der Waals surface area (Å²) in [4.78, 5) is 7.20. The minimum absolute atomic E-state index is 0.290. The lowest BCUT2D eigenvalue weighted by Gasteiger charge is -2.30. The lowest BCUT2D eigenvalue weighted by molar-refractivity contribution is 0.0424. The number of hydrogen-bond donors (Lipinski definition) is 1. The Hall–Kier alpha value is -1.59. The van der Waals surface area contributed by atoms with Gasteiger partial charge >= 0.3 is 0 Å². The second-order valence-electron chi connectivity index (χ2n) is 6.45. The van der Waals surface area contributed by atoms with Gasteiger partial charge in [-0.2, -0.15) is 0 Å². The topological polar surface area (TPSA) is 46.1 Å². The van der Waals surface area contributed by atoms with Crippen LogP contribution in [-0.2, 0) is 9.47 Å². The maximum Gasteiger partial charge on any atom is 0.198 e. The molecule has 2 saturated heterocycles. The van der Waals surface area contributed by atoms with Crippen LogP contribution in [0.3, 0.4) is 0 Å². The van der Waals surface area contributed by atoms with Crippen LogP contribution in [0.2, 0.25) is 0 Å². The minimum atomic E-state index is 0.290. The van der Waals surface area contributed by atoms with Crippen LogP contribution < -0.4 is 5.32 Å². The fourth-order valence-corrected chi connectivity index (χ4v) is 3.12. The Morgan fingerprint density at radius 2 is 2.04 bits per heavy atom. The number of benzene rings is 1. The van der Waals surface area contributed by atoms with Gasteiger partial charge in [0.25, 0.3) is 0 Å². The number of ether oxygens (including phenoxy) is 2. The van der Waals surface area contributed by atoms with Gasteiger partial charge in [-0.15, -0.1) is 0 Å². The van der Waals surface area contributed by atoms with Crippen LogP contribution in [0.15, 0.2) is 35.3 Å². The molecule has 0 radical (unpaired) electrons. The third kappa shape index (κ3) is 5.49. The second kappa shape index (κ2) is 9.64. The van der Waals surface area contributed by atoms with Crippen LogP contribution in [0.5, 0.6) is 0 Å². The van der Waals surface area contributed by atoms with Gasteiger partial charge in [-0.3, -0.25) is 4.99 Å². The van der Waals surface area contributed by atoms with E-state index in [1.165, 1.54) is 19.3 Å². The van der Waals surface area contributed by atoms with Crippen LogP contribution in [0.25, 0.3) is 0 Å². The average Bonchev–Trinajstić information content (AvgIpc) is 3.15. The zero-order valence-corrected chi connectivity index (χ0v) is 14.5. The van der Waals surface area contributed by atoms with Crippen molar-refractivity contribution in [2.75, 3.05) is 44.8 Å². The maximum atomic E-state index is 5.82. The largest absolute Gasteiger partial charge is 0.379 e. The second-order valence-corrected chi connectivity index (χ2v) is 6.45. The fourth-order valence-electron chi connectivity index (χ4n) is 3.12. The summed E-state index contributed by atoms with van der Waals surface area (Å²) in [6.07, 6.45) is 6.09. The van der Waals surface area contributed by atoms with Crippen molar-refractivity contribution in [1.29, 1.82) is 0 Å². The molecular weight excluding hydrogens is 302 g/mol. The molecule has 1 aromatic rings. The number of nitrogens with one attached hydrogen (secondary N) is 1. The number of nitrogens with zero attached hydrogens (tertiary/aromatic N) is 2. The summed E-state index contributed by atoms with van der Waals surface area (Å²) < 4.78 is 11.1. The predicted molar refractivity (Wildman–Crippen MR) is 97.6 cm³/mol. The SMILES string of the molecule is c1ccc(NC(=NCCCOC2CCOC2)N2CCCCC2)cc1. The van der Waals surface area contributed by atoms with Gasteiger partial charge in [-0.25, -0.2) is 0 Å². The van der Waals surface area contributed by atoms with E-state index in [9.17, 15) is 0 Å². The Morgan fingerprint density at radius 1 is 1.21 bits per heavy atom. The smallest absolute Gasteiger partial charge is 0.198 e. The molecule has 1 aromatic carbocycles. The third-order valence-electron chi connectivity index (χ3n) is 4.49. The van der Waals surface area contributed by atoms with Gasteiger partial charge in [0.15, 0.2) is 5.96 Å². The normalized spacial score (nSPS) is 21.9. The molecule has 0 spiro atoms. The number of hydrogen-bond acceptors (Lipinski definition) is 3. The van der Waals surface area contributed by atoms with Crippen LogP contribution in [0.4, 0.5) is 5.69 Å². The molecule has 0 aliphatic carbocycles. The lowest BCUT2D eigenvalue weighted by Crippen LogP contribution is -2.40. The van der Waals surface area contributed by atoms with E-state index < -0.39 is 0 Å². The molecule has 5 heteroatoms. The molecule has 132 valence electrons. The van der Waals surface area contributed by atoms with Crippen molar-refractivity contribution >= 4 is 11.6 Å². The minimum Gasteiger partial charge on any atom is -0.379 e. The molecule has 3 rings (SSSR count). The summed E-state index contributed by atoms with van der Waals surface area (Å²) in [5, 5.41) is 3.50.